The van der Waals surface area contributed by atoms with Crippen molar-refractivity contribution >= 4 is 25.8 Å². The lowest BCUT2D eigenvalue weighted by Crippen LogP contribution is -2.47. The molecule has 15 heavy (non-hydrogen) atoms. The molecular weight excluding hydrogens is 242 g/mol. The minimum Gasteiger partial charge on any atom is -0.464 e. The first-order valence-electron chi connectivity index (χ1n) is 4.23. The molecule has 0 spiro atoms. The number of aryl methyl sites for hydroxylation is 1. The topological polar surface area (TPSA) is 67.6 Å². The molecule has 1 aliphatic rings. The number of furan rings is 1. The van der Waals surface area contributed by atoms with Crippen molar-refractivity contribution in [3.8, 4) is 0 Å². The average molecular weight is 250 g/mol. The van der Waals surface area contributed by atoms with Gasteiger partial charge in [-0.2, -0.15) is 8.42 Å². The van der Waals surface area contributed by atoms with Gasteiger partial charge in [-0.1, -0.05) is 0 Å². The molecule has 0 aromatic carbocycles. The summed E-state index contributed by atoms with van der Waals surface area (Å²) in [6.45, 7) is 1.74. The Hall–Kier alpha value is -1.01. The molecule has 2 heterocycles. The Morgan fingerprint density at radius 1 is 1.53 bits per heavy atom. The summed E-state index contributed by atoms with van der Waals surface area (Å²) in [6.07, 6.45) is 0.110. The molecule has 1 unspecified atom stereocenters. The maximum atomic E-state index is 11.1. The van der Waals surface area contributed by atoms with Gasteiger partial charge in [0, 0.05) is 10.7 Å². The van der Waals surface area contributed by atoms with Crippen molar-refractivity contribution in [2.75, 3.05) is 0 Å². The van der Waals surface area contributed by atoms with E-state index in [0.717, 1.165) is 0 Å². The lowest BCUT2D eigenvalue weighted by atomic mass is 10.0. The summed E-state index contributed by atoms with van der Waals surface area (Å²) in [5.74, 6) is 0.594. The highest BCUT2D eigenvalue weighted by Crippen LogP contribution is 2.38. The first-order valence-corrected chi connectivity index (χ1v) is 6.49. The van der Waals surface area contributed by atoms with Crippen LogP contribution in [0.5, 0.6) is 0 Å². The average Bonchev–Trinajstić information content (AvgIpc) is 2.43. The molecule has 1 saturated heterocycles. The number of hydrogen-bond donors (Lipinski definition) is 0. The number of rotatable bonds is 2. The normalized spacial score (nSPS) is 21.6. The fourth-order valence-corrected chi connectivity index (χ4v) is 2.84. The molecule has 1 amide bonds. The highest BCUT2D eigenvalue weighted by Gasteiger charge is 2.46. The predicted molar refractivity (Wildman–Crippen MR) is 52.4 cm³/mol. The van der Waals surface area contributed by atoms with Crippen LogP contribution in [0.25, 0.3) is 0 Å². The van der Waals surface area contributed by atoms with Gasteiger partial charge in [0.25, 0.3) is 0 Å². The summed E-state index contributed by atoms with van der Waals surface area (Å²) in [7, 11) is 1.11. The smallest absolute Gasteiger partial charge is 0.324 e. The molecule has 7 heteroatoms. The van der Waals surface area contributed by atoms with E-state index in [1.807, 2.05) is 0 Å². The van der Waals surface area contributed by atoms with Gasteiger partial charge in [-0.05, 0) is 19.1 Å². The summed E-state index contributed by atoms with van der Waals surface area (Å²) < 4.78 is 28.0. The van der Waals surface area contributed by atoms with E-state index in [-0.39, 0.29) is 6.42 Å². The molecule has 0 N–H and O–H groups in total. The van der Waals surface area contributed by atoms with Crippen molar-refractivity contribution in [3.05, 3.63) is 23.7 Å². The number of carbonyl (C=O) groups is 1. The van der Waals surface area contributed by atoms with Gasteiger partial charge >= 0.3 is 9.24 Å². The third-order valence-corrected chi connectivity index (χ3v) is 3.60. The van der Waals surface area contributed by atoms with Crippen LogP contribution in [0.2, 0.25) is 0 Å². The Morgan fingerprint density at radius 2 is 2.20 bits per heavy atom. The van der Waals surface area contributed by atoms with Crippen LogP contribution in [-0.4, -0.2) is 18.6 Å². The fraction of sp³-hybridized carbons (Fsp3) is 0.375. The van der Waals surface area contributed by atoms with Crippen LogP contribution >= 0.6 is 10.7 Å². The second-order valence-electron chi connectivity index (χ2n) is 3.30. The zero-order valence-electron chi connectivity index (χ0n) is 7.81. The third kappa shape index (κ3) is 1.74. The first-order chi connectivity index (χ1) is 6.89. The minimum atomic E-state index is -4.01. The summed E-state index contributed by atoms with van der Waals surface area (Å²) in [5, 5.41) is 0. The standard InChI is InChI=1S/C8H8ClNO4S/c1-5-2-3-7(14-5)6-4-8(11)10(6)15(9,12)13/h2-3,6H,4H2,1H3. The van der Waals surface area contributed by atoms with Crippen molar-refractivity contribution in [2.24, 2.45) is 0 Å². The van der Waals surface area contributed by atoms with E-state index >= 15 is 0 Å². The highest BCUT2D eigenvalue weighted by atomic mass is 35.7. The van der Waals surface area contributed by atoms with Gasteiger partial charge in [-0.25, -0.2) is 4.31 Å². The summed E-state index contributed by atoms with van der Waals surface area (Å²) in [6, 6.07) is 2.76. The molecule has 0 aliphatic carbocycles. The Balaban J connectivity index is 2.30. The van der Waals surface area contributed by atoms with Gasteiger partial charge in [-0.15, -0.1) is 0 Å². The van der Waals surface area contributed by atoms with Crippen LogP contribution in [0.4, 0.5) is 0 Å². The molecule has 0 radical (unpaired) electrons. The third-order valence-electron chi connectivity index (χ3n) is 2.22. The van der Waals surface area contributed by atoms with E-state index < -0.39 is 21.2 Å². The van der Waals surface area contributed by atoms with Gasteiger partial charge in [0.15, 0.2) is 0 Å². The van der Waals surface area contributed by atoms with Crippen LogP contribution in [0.1, 0.15) is 24.0 Å². The number of amides is 1. The molecule has 0 saturated carbocycles. The van der Waals surface area contributed by atoms with E-state index in [1.165, 1.54) is 0 Å². The van der Waals surface area contributed by atoms with Crippen molar-refractivity contribution in [1.82, 2.24) is 4.31 Å². The molecule has 1 atom stereocenters. The van der Waals surface area contributed by atoms with Crippen molar-refractivity contribution in [2.45, 2.75) is 19.4 Å². The van der Waals surface area contributed by atoms with Crippen LogP contribution < -0.4 is 0 Å². The quantitative estimate of drug-likeness (QED) is 0.586. The second-order valence-corrected chi connectivity index (χ2v) is 5.69. The Labute approximate surface area is 91.2 Å². The highest BCUT2D eigenvalue weighted by molar-refractivity contribution is 8.12. The maximum absolute atomic E-state index is 11.1. The molecule has 82 valence electrons. The second kappa shape index (κ2) is 3.24. The zero-order chi connectivity index (χ0) is 11.2. The lowest BCUT2D eigenvalue weighted by Gasteiger charge is -2.35. The lowest BCUT2D eigenvalue weighted by molar-refractivity contribution is -0.138. The molecule has 1 aromatic rings. The van der Waals surface area contributed by atoms with Crippen molar-refractivity contribution in [1.29, 1.82) is 0 Å². The summed E-state index contributed by atoms with van der Waals surface area (Å²) in [4.78, 5) is 11.1. The monoisotopic (exact) mass is 249 g/mol. The number of hydrogen-bond acceptors (Lipinski definition) is 4. The van der Waals surface area contributed by atoms with Gasteiger partial charge in [-0.3, -0.25) is 4.79 Å². The van der Waals surface area contributed by atoms with E-state index in [2.05, 4.69) is 0 Å². The number of halogens is 1. The van der Waals surface area contributed by atoms with Crippen molar-refractivity contribution < 1.29 is 17.6 Å². The van der Waals surface area contributed by atoms with Gasteiger partial charge in [0.1, 0.15) is 17.6 Å². The van der Waals surface area contributed by atoms with Crippen LogP contribution in [-0.2, 0) is 14.0 Å². The molecule has 0 bridgehead atoms. The van der Waals surface area contributed by atoms with Crippen LogP contribution in [0.3, 0.4) is 0 Å². The first kappa shape index (κ1) is 10.5. The van der Waals surface area contributed by atoms with Gasteiger partial charge < -0.3 is 4.42 Å². The minimum absolute atomic E-state index is 0.110. The molecule has 1 aromatic heterocycles. The Kier molecular flexibility index (Phi) is 2.27. The van der Waals surface area contributed by atoms with Gasteiger partial charge in [0.05, 0.1) is 6.42 Å². The molecule has 5 nitrogen and oxygen atoms in total. The van der Waals surface area contributed by atoms with Crippen LogP contribution in [0.15, 0.2) is 16.5 Å². The Morgan fingerprint density at radius 3 is 2.60 bits per heavy atom. The van der Waals surface area contributed by atoms with E-state index in [1.54, 1.807) is 19.1 Å². The summed E-state index contributed by atoms with van der Waals surface area (Å²) >= 11 is 0. The predicted octanol–water partition coefficient (Wildman–Crippen LogP) is 1.35. The fourth-order valence-electron chi connectivity index (χ4n) is 1.52. The van der Waals surface area contributed by atoms with Gasteiger partial charge in [0.2, 0.25) is 5.91 Å². The zero-order valence-corrected chi connectivity index (χ0v) is 9.38. The van der Waals surface area contributed by atoms with Crippen LogP contribution in [0, 0.1) is 6.92 Å². The largest absolute Gasteiger partial charge is 0.464 e. The van der Waals surface area contributed by atoms with E-state index in [9.17, 15) is 13.2 Å². The van der Waals surface area contributed by atoms with Crippen molar-refractivity contribution in [3.63, 3.8) is 0 Å². The maximum Gasteiger partial charge on any atom is 0.324 e. The SMILES string of the molecule is Cc1ccc(C2CC(=O)N2S(=O)(=O)Cl)o1. The van der Waals surface area contributed by atoms with E-state index in [0.29, 0.717) is 15.8 Å². The Bertz CT molecular complexity index is 506. The number of carbonyl (C=O) groups excluding carboxylic acids is 1. The number of β-lactam (4-membered cyclic amide) rings is 1. The molecule has 2 rings (SSSR count). The van der Waals surface area contributed by atoms with E-state index in [4.69, 9.17) is 15.1 Å². The molecule has 1 fully saturated rings. The molecule has 1 aliphatic heterocycles. The molecular formula is C8H8ClNO4S. The summed E-state index contributed by atoms with van der Waals surface area (Å²) in [5.41, 5.74) is 0. The number of nitrogens with zero attached hydrogens (tertiary/aromatic N) is 1.